The molecule has 1 saturated heterocycles. The average molecular weight is 340 g/mol. The van der Waals surface area contributed by atoms with Crippen LogP contribution in [0.4, 0.5) is 0 Å². The van der Waals surface area contributed by atoms with Crippen molar-refractivity contribution in [2.75, 3.05) is 13.1 Å². The van der Waals surface area contributed by atoms with E-state index in [1.165, 1.54) is 4.68 Å². The van der Waals surface area contributed by atoms with Crippen LogP contribution in [0.2, 0.25) is 0 Å². The Morgan fingerprint density at radius 2 is 1.96 bits per heavy atom. The van der Waals surface area contributed by atoms with Gasteiger partial charge in [-0.05, 0) is 31.2 Å². The maximum Gasteiger partial charge on any atom is 0.345 e. The Kier molecular flexibility index (Phi) is 4.19. The number of nitrogens with zero attached hydrogens (tertiary/aromatic N) is 4. The molecule has 0 spiro atoms. The van der Waals surface area contributed by atoms with Gasteiger partial charge >= 0.3 is 5.69 Å². The van der Waals surface area contributed by atoms with Crippen LogP contribution in [-0.2, 0) is 18.4 Å². The van der Waals surface area contributed by atoms with Crippen LogP contribution in [0.1, 0.15) is 43.0 Å². The van der Waals surface area contributed by atoms with E-state index in [0.717, 1.165) is 43.6 Å². The van der Waals surface area contributed by atoms with Crippen LogP contribution in [0, 0.1) is 5.92 Å². The van der Waals surface area contributed by atoms with Gasteiger partial charge in [0.05, 0.1) is 6.54 Å². The molecule has 0 radical (unpaired) electrons. The van der Waals surface area contributed by atoms with E-state index in [4.69, 9.17) is 0 Å². The second kappa shape index (κ2) is 6.50. The van der Waals surface area contributed by atoms with Crippen LogP contribution < -0.4 is 5.69 Å². The van der Waals surface area contributed by atoms with Gasteiger partial charge in [0, 0.05) is 32.0 Å². The van der Waals surface area contributed by atoms with Crippen LogP contribution in [0.5, 0.6) is 0 Å². The predicted octanol–water partition coefficient (Wildman–Crippen LogP) is 1.75. The van der Waals surface area contributed by atoms with E-state index in [9.17, 15) is 9.59 Å². The van der Waals surface area contributed by atoms with Gasteiger partial charge in [-0.2, -0.15) is 5.10 Å². The van der Waals surface area contributed by atoms with E-state index in [0.29, 0.717) is 13.1 Å². The molecule has 132 valence electrons. The molecule has 6 heteroatoms. The van der Waals surface area contributed by atoms with E-state index in [-0.39, 0.29) is 23.4 Å². The molecule has 6 nitrogen and oxygen atoms in total. The number of likely N-dealkylation sites (tertiary alicyclic amines) is 1. The maximum absolute atomic E-state index is 12.6. The van der Waals surface area contributed by atoms with Crippen LogP contribution in [0.3, 0.4) is 0 Å². The first-order valence-electron chi connectivity index (χ1n) is 9.10. The minimum absolute atomic E-state index is 0.0931. The normalized spacial score (nSPS) is 20.7. The Balaban J connectivity index is 1.60. The van der Waals surface area contributed by atoms with E-state index >= 15 is 0 Å². The zero-order valence-electron chi connectivity index (χ0n) is 14.6. The molecular formula is C19H24N4O2. The minimum Gasteiger partial charge on any atom is -0.342 e. The molecule has 2 aliphatic rings. The first-order chi connectivity index (χ1) is 12.1. The smallest absolute Gasteiger partial charge is 0.342 e. The van der Waals surface area contributed by atoms with E-state index < -0.39 is 0 Å². The molecule has 1 aromatic heterocycles. The van der Waals surface area contributed by atoms with Crippen molar-refractivity contribution in [1.82, 2.24) is 19.2 Å². The lowest BCUT2D eigenvalue weighted by Gasteiger charge is -2.32. The number of amides is 1. The molecule has 0 N–H and O–H groups in total. The maximum atomic E-state index is 12.6. The third kappa shape index (κ3) is 3.25. The minimum atomic E-state index is -0.0931. The van der Waals surface area contributed by atoms with Crippen LogP contribution in [0.25, 0.3) is 0 Å². The van der Waals surface area contributed by atoms with Gasteiger partial charge in [0.2, 0.25) is 5.91 Å². The summed E-state index contributed by atoms with van der Waals surface area (Å²) in [6, 6.07) is 9.97. The van der Waals surface area contributed by atoms with Crippen molar-refractivity contribution < 1.29 is 4.79 Å². The fraction of sp³-hybridized carbons (Fsp3) is 0.526. The lowest BCUT2D eigenvalue weighted by Crippen LogP contribution is -2.40. The van der Waals surface area contributed by atoms with E-state index in [1.807, 2.05) is 35.2 Å². The molecule has 4 rings (SSSR count). The number of benzene rings is 1. The van der Waals surface area contributed by atoms with Crippen molar-refractivity contribution in [3.63, 3.8) is 0 Å². The second-order valence-corrected chi connectivity index (χ2v) is 7.23. The van der Waals surface area contributed by atoms with Crippen molar-refractivity contribution in [2.24, 2.45) is 13.0 Å². The van der Waals surface area contributed by atoms with Crippen LogP contribution in [0.15, 0.2) is 35.1 Å². The van der Waals surface area contributed by atoms with Crippen LogP contribution >= 0.6 is 0 Å². The molecule has 25 heavy (non-hydrogen) atoms. The monoisotopic (exact) mass is 340 g/mol. The highest BCUT2D eigenvalue weighted by Crippen LogP contribution is 2.34. The summed E-state index contributed by atoms with van der Waals surface area (Å²) >= 11 is 0. The summed E-state index contributed by atoms with van der Waals surface area (Å²) in [5, 5.41) is 4.51. The summed E-state index contributed by atoms with van der Waals surface area (Å²) in [5.41, 5.74) is 0.991. The van der Waals surface area contributed by atoms with Crippen LogP contribution in [-0.4, -0.2) is 38.2 Å². The zero-order chi connectivity index (χ0) is 17.4. The molecular weight excluding hydrogens is 316 g/mol. The lowest BCUT2D eigenvalue weighted by molar-refractivity contribution is -0.133. The van der Waals surface area contributed by atoms with Gasteiger partial charge in [0.25, 0.3) is 0 Å². The molecule has 1 aromatic carbocycles. The number of hydrogen-bond acceptors (Lipinski definition) is 3. The first kappa shape index (κ1) is 16.1. The van der Waals surface area contributed by atoms with Gasteiger partial charge in [-0.3, -0.25) is 9.36 Å². The Hall–Kier alpha value is -2.37. The molecule has 1 aliphatic heterocycles. The van der Waals surface area contributed by atoms with Crippen molar-refractivity contribution in [2.45, 2.75) is 38.1 Å². The van der Waals surface area contributed by atoms with Crippen molar-refractivity contribution in [3.8, 4) is 0 Å². The zero-order valence-corrected chi connectivity index (χ0v) is 14.6. The summed E-state index contributed by atoms with van der Waals surface area (Å²) in [7, 11) is 1.70. The quantitative estimate of drug-likeness (QED) is 0.852. The Bertz CT molecular complexity index is 820. The predicted molar refractivity (Wildman–Crippen MR) is 94.3 cm³/mol. The molecule has 1 atom stereocenters. The molecule has 2 aromatic rings. The van der Waals surface area contributed by atoms with Gasteiger partial charge in [0.15, 0.2) is 0 Å². The van der Waals surface area contributed by atoms with E-state index in [2.05, 4.69) is 5.10 Å². The third-order valence-corrected chi connectivity index (χ3v) is 5.25. The number of carbonyl (C=O) groups excluding carboxylic acids is 1. The molecule has 1 amide bonds. The van der Waals surface area contributed by atoms with Crippen molar-refractivity contribution in [1.29, 1.82) is 0 Å². The number of carbonyl (C=O) groups is 1. The molecule has 1 unspecified atom stereocenters. The number of aromatic nitrogens is 3. The molecule has 1 saturated carbocycles. The topological polar surface area (TPSA) is 60.1 Å². The number of aryl methyl sites for hydroxylation is 1. The van der Waals surface area contributed by atoms with Gasteiger partial charge in [-0.15, -0.1) is 0 Å². The molecule has 1 aliphatic carbocycles. The van der Waals surface area contributed by atoms with Crippen molar-refractivity contribution in [3.05, 3.63) is 52.2 Å². The van der Waals surface area contributed by atoms with Crippen molar-refractivity contribution >= 4 is 5.91 Å². The van der Waals surface area contributed by atoms with E-state index in [1.54, 1.807) is 11.6 Å². The average Bonchev–Trinajstić information content (AvgIpc) is 3.45. The standard InChI is InChI=1S/C19H24N4O2/c1-21-19(25)23(12-14-6-3-2-4-7-14)17(20-21)16-8-5-11-22(13-16)18(24)15-9-10-15/h2-4,6-7,15-16H,5,8-13H2,1H3. The molecule has 2 heterocycles. The number of piperidine rings is 1. The second-order valence-electron chi connectivity index (χ2n) is 7.23. The molecule has 0 bridgehead atoms. The lowest BCUT2D eigenvalue weighted by atomic mass is 9.96. The highest BCUT2D eigenvalue weighted by Gasteiger charge is 2.36. The molecule has 2 fully saturated rings. The fourth-order valence-electron chi connectivity index (χ4n) is 3.72. The van der Waals surface area contributed by atoms with Gasteiger partial charge in [-0.1, -0.05) is 30.3 Å². The third-order valence-electron chi connectivity index (χ3n) is 5.25. The Morgan fingerprint density at radius 3 is 2.68 bits per heavy atom. The summed E-state index contributed by atoms with van der Waals surface area (Å²) in [6.45, 7) is 2.04. The van der Waals surface area contributed by atoms with Gasteiger partial charge < -0.3 is 4.90 Å². The fourth-order valence-corrected chi connectivity index (χ4v) is 3.72. The highest BCUT2D eigenvalue weighted by molar-refractivity contribution is 5.81. The Morgan fingerprint density at radius 1 is 1.20 bits per heavy atom. The SMILES string of the molecule is Cn1nc(C2CCCN(C(=O)C3CC3)C2)n(Cc2ccccc2)c1=O. The first-order valence-corrected chi connectivity index (χ1v) is 9.10. The number of hydrogen-bond donors (Lipinski definition) is 0. The Labute approximate surface area is 147 Å². The largest absolute Gasteiger partial charge is 0.345 e. The van der Waals surface area contributed by atoms with Gasteiger partial charge in [-0.25, -0.2) is 9.48 Å². The summed E-state index contributed by atoms with van der Waals surface area (Å²) in [5.74, 6) is 1.48. The summed E-state index contributed by atoms with van der Waals surface area (Å²) in [4.78, 5) is 27.0. The number of rotatable bonds is 4. The highest BCUT2D eigenvalue weighted by atomic mass is 16.2. The summed E-state index contributed by atoms with van der Waals surface area (Å²) in [6.07, 6.45) is 4.00. The van der Waals surface area contributed by atoms with Gasteiger partial charge in [0.1, 0.15) is 5.82 Å². The summed E-state index contributed by atoms with van der Waals surface area (Å²) < 4.78 is 3.19.